The third kappa shape index (κ3) is 6.20. The molecule has 8 heteroatoms. The van der Waals surface area contributed by atoms with Gasteiger partial charge in [0.2, 0.25) is 0 Å². The highest BCUT2D eigenvalue weighted by Crippen LogP contribution is 2.34. The molecule has 1 saturated heterocycles. The molecule has 0 bridgehead atoms. The van der Waals surface area contributed by atoms with Crippen LogP contribution in [0.5, 0.6) is 0 Å². The fourth-order valence-corrected chi connectivity index (χ4v) is 4.49. The first kappa shape index (κ1) is 25.2. The number of ether oxygens (including phenoxy) is 1. The fraction of sp³-hybridized carbons (Fsp3) is 0.321. The van der Waals surface area contributed by atoms with Crippen LogP contribution in [0.4, 0.5) is 16.2 Å². The van der Waals surface area contributed by atoms with Crippen LogP contribution in [-0.4, -0.2) is 55.2 Å². The van der Waals surface area contributed by atoms with Crippen LogP contribution in [-0.2, 0) is 11.3 Å². The molecule has 0 atom stereocenters. The Bertz CT molecular complexity index is 1180. The molecule has 1 aromatic heterocycles. The van der Waals surface area contributed by atoms with Crippen LogP contribution < -0.4 is 16.0 Å². The van der Waals surface area contributed by atoms with Crippen molar-refractivity contribution in [2.75, 3.05) is 43.5 Å². The Morgan fingerprint density at radius 3 is 2.61 bits per heavy atom. The Kier molecular flexibility index (Phi) is 8.52. The summed E-state index contributed by atoms with van der Waals surface area (Å²) in [5, 5.41) is 2.88. The van der Waals surface area contributed by atoms with Crippen molar-refractivity contribution in [3.8, 4) is 11.1 Å². The topological polar surface area (TPSA) is 101 Å². The van der Waals surface area contributed by atoms with Gasteiger partial charge in [-0.25, -0.2) is 4.79 Å². The molecule has 8 nitrogen and oxygen atoms in total. The number of nitrogens with zero attached hydrogens (tertiary/aromatic N) is 3. The van der Waals surface area contributed by atoms with Gasteiger partial charge in [0, 0.05) is 38.6 Å². The van der Waals surface area contributed by atoms with E-state index in [1.165, 1.54) is 7.11 Å². The van der Waals surface area contributed by atoms with Crippen LogP contribution in [0.25, 0.3) is 11.1 Å². The second kappa shape index (κ2) is 12.2. The molecule has 188 valence electrons. The highest BCUT2D eigenvalue weighted by Gasteiger charge is 2.19. The van der Waals surface area contributed by atoms with E-state index in [4.69, 9.17) is 10.5 Å². The van der Waals surface area contributed by atoms with E-state index in [9.17, 15) is 9.59 Å². The maximum Gasteiger partial charge on any atom is 0.411 e. The van der Waals surface area contributed by atoms with Gasteiger partial charge >= 0.3 is 6.09 Å². The average molecular weight is 488 g/mol. The zero-order valence-electron chi connectivity index (χ0n) is 20.7. The lowest BCUT2D eigenvalue weighted by Crippen LogP contribution is -2.32. The number of methoxy groups -OCH3 is 1. The maximum absolute atomic E-state index is 13.1. The van der Waals surface area contributed by atoms with Crippen LogP contribution in [0, 0.1) is 0 Å². The van der Waals surface area contributed by atoms with Gasteiger partial charge in [0.15, 0.2) is 0 Å². The summed E-state index contributed by atoms with van der Waals surface area (Å²) in [5.41, 5.74) is 11.0. The van der Waals surface area contributed by atoms with Gasteiger partial charge in [0.1, 0.15) is 0 Å². The van der Waals surface area contributed by atoms with Crippen LogP contribution in [0.3, 0.4) is 0 Å². The summed E-state index contributed by atoms with van der Waals surface area (Å²) < 4.78 is 4.85. The number of hydrogen-bond donors (Lipinski definition) is 2. The van der Waals surface area contributed by atoms with Crippen molar-refractivity contribution in [3.63, 3.8) is 0 Å². The molecular formula is C28H33N5O3. The maximum atomic E-state index is 13.1. The number of pyridine rings is 1. The van der Waals surface area contributed by atoms with Gasteiger partial charge in [-0.1, -0.05) is 24.3 Å². The zero-order valence-corrected chi connectivity index (χ0v) is 20.7. The summed E-state index contributed by atoms with van der Waals surface area (Å²) >= 11 is 0. The Hall–Kier alpha value is -3.91. The second-order valence-corrected chi connectivity index (χ2v) is 8.85. The fourth-order valence-electron chi connectivity index (χ4n) is 4.49. The van der Waals surface area contributed by atoms with E-state index >= 15 is 0 Å². The SMILES string of the molecule is COC(=O)Nc1cc(-c2cccc(CN(CCCN)C(=O)c3cccnc3)c2)ccc1N1CCCC1. The van der Waals surface area contributed by atoms with Crippen molar-refractivity contribution in [2.45, 2.75) is 25.8 Å². The minimum atomic E-state index is -0.495. The van der Waals surface area contributed by atoms with Gasteiger partial charge < -0.3 is 20.3 Å². The van der Waals surface area contributed by atoms with Crippen LogP contribution in [0.1, 0.15) is 35.2 Å². The first-order valence-electron chi connectivity index (χ1n) is 12.3. The molecule has 2 amide bonds. The van der Waals surface area contributed by atoms with Gasteiger partial charge in [-0.15, -0.1) is 0 Å². The quantitative estimate of drug-likeness (QED) is 0.460. The second-order valence-electron chi connectivity index (χ2n) is 8.85. The first-order valence-corrected chi connectivity index (χ1v) is 12.3. The van der Waals surface area contributed by atoms with Gasteiger partial charge in [0.05, 0.1) is 24.0 Å². The number of carbonyl (C=O) groups is 2. The average Bonchev–Trinajstić information content (AvgIpc) is 3.46. The summed E-state index contributed by atoms with van der Waals surface area (Å²) in [6.07, 6.45) is 5.74. The van der Waals surface area contributed by atoms with Gasteiger partial charge in [-0.2, -0.15) is 0 Å². The number of nitrogens with one attached hydrogen (secondary N) is 1. The molecule has 1 aliphatic heterocycles. The van der Waals surface area contributed by atoms with Crippen molar-refractivity contribution in [1.82, 2.24) is 9.88 Å². The monoisotopic (exact) mass is 487 g/mol. The number of benzene rings is 2. The number of hydrogen-bond acceptors (Lipinski definition) is 6. The highest BCUT2D eigenvalue weighted by molar-refractivity contribution is 5.94. The van der Waals surface area contributed by atoms with Gasteiger partial charge in [0.25, 0.3) is 5.91 Å². The van der Waals surface area contributed by atoms with Crippen molar-refractivity contribution in [2.24, 2.45) is 5.73 Å². The third-order valence-electron chi connectivity index (χ3n) is 6.33. The molecule has 36 heavy (non-hydrogen) atoms. The summed E-state index contributed by atoms with van der Waals surface area (Å²) in [5.74, 6) is -0.0681. The molecule has 4 rings (SSSR count). The molecule has 0 aliphatic carbocycles. The van der Waals surface area contributed by atoms with Gasteiger partial charge in [-0.3, -0.25) is 15.1 Å². The van der Waals surface area contributed by atoms with E-state index in [1.807, 2.05) is 29.2 Å². The van der Waals surface area contributed by atoms with E-state index in [0.29, 0.717) is 31.6 Å². The molecule has 3 N–H and O–H groups in total. The third-order valence-corrected chi connectivity index (χ3v) is 6.33. The number of rotatable bonds is 9. The number of aromatic nitrogens is 1. The molecule has 1 aliphatic rings. The van der Waals surface area contributed by atoms with E-state index in [0.717, 1.165) is 54.0 Å². The van der Waals surface area contributed by atoms with Crippen LogP contribution in [0.2, 0.25) is 0 Å². The Morgan fingerprint density at radius 1 is 1.08 bits per heavy atom. The molecule has 2 aromatic carbocycles. The molecular weight excluding hydrogens is 454 g/mol. The smallest absolute Gasteiger partial charge is 0.411 e. The summed E-state index contributed by atoms with van der Waals surface area (Å²) in [7, 11) is 1.36. The van der Waals surface area contributed by atoms with Crippen molar-refractivity contribution < 1.29 is 14.3 Å². The first-order chi connectivity index (χ1) is 17.6. The molecule has 0 unspecified atom stereocenters. The molecule has 0 radical (unpaired) electrons. The van der Waals surface area contributed by atoms with E-state index in [-0.39, 0.29) is 5.91 Å². The predicted molar refractivity (Wildman–Crippen MR) is 142 cm³/mol. The summed E-state index contributed by atoms with van der Waals surface area (Å²) in [4.78, 5) is 33.4. The number of anilines is 2. The minimum absolute atomic E-state index is 0.0681. The molecule has 1 fully saturated rings. The summed E-state index contributed by atoms with van der Waals surface area (Å²) in [6.45, 7) is 3.46. The number of carbonyl (C=O) groups excluding carboxylic acids is 2. The Morgan fingerprint density at radius 2 is 1.89 bits per heavy atom. The van der Waals surface area contributed by atoms with E-state index in [1.54, 1.807) is 24.5 Å². The normalized spacial score (nSPS) is 12.9. The lowest BCUT2D eigenvalue weighted by Gasteiger charge is -2.23. The minimum Gasteiger partial charge on any atom is -0.453 e. The predicted octanol–water partition coefficient (Wildman–Crippen LogP) is 4.52. The van der Waals surface area contributed by atoms with Crippen LogP contribution in [0.15, 0.2) is 67.0 Å². The molecule has 3 aromatic rings. The molecule has 0 saturated carbocycles. The standard InChI is InChI=1S/C28H33N5O3/c1-36-28(35)31-25-18-23(10-11-26(25)32-14-2-3-15-32)22-8-4-7-21(17-22)20-33(16-6-12-29)27(34)24-9-5-13-30-19-24/h4-5,7-11,13,17-19H,2-3,6,12,14-16,20,29H2,1H3,(H,31,35). The lowest BCUT2D eigenvalue weighted by atomic mass is 10.0. The van der Waals surface area contributed by atoms with E-state index < -0.39 is 6.09 Å². The van der Waals surface area contributed by atoms with Crippen molar-refractivity contribution >= 4 is 23.4 Å². The number of nitrogens with two attached hydrogens (primary N) is 1. The van der Waals surface area contributed by atoms with E-state index in [2.05, 4.69) is 33.4 Å². The Balaban J connectivity index is 1.60. The number of amides is 2. The molecule has 2 heterocycles. The lowest BCUT2D eigenvalue weighted by molar-refractivity contribution is 0.0741. The largest absolute Gasteiger partial charge is 0.453 e. The van der Waals surface area contributed by atoms with Crippen molar-refractivity contribution in [1.29, 1.82) is 0 Å². The zero-order chi connectivity index (χ0) is 25.3. The van der Waals surface area contributed by atoms with Gasteiger partial charge in [-0.05, 0) is 72.8 Å². The van der Waals surface area contributed by atoms with Crippen molar-refractivity contribution in [3.05, 3.63) is 78.1 Å². The molecule has 0 spiro atoms. The highest BCUT2D eigenvalue weighted by atomic mass is 16.5. The Labute approximate surface area is 212 Å². The summed E-state index contributed by atoms with van der Waals surface area (Å²) in [6, 6.07) is 17.8. The van der Waals surface area contributed by atoms with Crippen LogP contribution >= 0.6 is 0 Å².